The van der Waals surface area contributed by atoms with E-state index >= 15 is 0 Å². The molecule has 110 valence electrons. The van der Waals surface area contributed by atoms with Crippen molar-refractivity contribution in [1.82, 2.24) is 0 Å². The molecule has 0 aliphatic carbocycles. The average Bonchev–Trinajstić information content (AvgIpc) is 2.21. The van der Waals surface area contributed by atoms with E-state index < -0.39 is 0 Å². The molecule has 1 unspecified atom stereocenters. The van der Waals surface area contributed by atoms with Crippen molar-refractivity contribution in [3.63, 3.8) is 0 Å². The van der Waals surface area contributed by atoms with Crippen LogP contribution >= 0.6 is 0 Å². The van der Waals surface area contributed by atoms with Crippen LogP contribution in [0.25, 0.3) is 0 Å². The lowest BCUT2D eigenvalue weighted by Crippen LogP contribution is -2.20. The van der Waals surface area contributed by atoms with Crippen LogP contribution in [0.15, 0.2) is 35.8 Å². The summed E-state index contributed by atoms with van der Waals surface area (Å²) in [7, 11) is 0. The Morgan fingerprint density at radius 3 is 2.00 bits per heavy atom. The van der Waals surface area contributed by atoms with Gasteiger partial charge in [-0.05, 0) is 22.3 Å². The molecule has 0 saturated heterocycles. The van der Waals surface area contributed by atoms with Crippen LogP contribution in [-0.2, 0) is 0 Å². The third kappa shape index (κ3) is 5.54. The molecule has 0 aromatic rings. The lowest BCUT2D eigenvalue weighted by molar-refractivity contribution is 0.304. The first-order valence-corrected chi connectivity index (χ1v) is 6.92. The molecule has 0 aromatic carbocycles. The van der Waals surface area contributed by atoms with Crippen LogP contribution in [-0.4, -0.2) is 5.11 Å². The van der Waals surface area contributed by atoms with Crippen LogP contribution < -0.4 is 5.73 Å². The van der Waals surface area contributed by atoms with E-state index in [1.165, 1.54) is 0 Å². The normalized spacial score (nSPS) is 16.9. The molecule has 0 aliphatic rings. The van der Waals surface area contributed by atoms with Crippen LogP contribution in [0, 0.1) is 16.7 Å². The first kappa shape index (κ1) is 17.8. The highest BCUT2D eigenvalue weighted by Crippen LogP contribution is 2.36. The Balaban J connectivity index is 5.68. The van der Waals surface area contributed by atoms with Crippen molar-refractivity contribution in [3.05, 3.63) is 35.8 Å². The molecule has 0 amide bonds. The van der Waals surface area contributed by atoms with Crippen molar-refractivity contribution in [2.75, 3.05) is 0 Å². The van der Waals surface area contributed by atoms with Crippen LogP contribution in [0.1, 0.15) is 54.9 Å². The average molecular weight is 265 g/mol. The van der Waals surface area contributed by atoms with E-state index in [0.29, 0.717) is 18.0 Å². The van der Waals surface area contributed by atoms with Crippen molar-refractivity contribution >= 4 is 0 Å². The molecule has 1 atom stereocenters. The number of aliphatic hydroxyl groups excluding tert-OH is 1. The summed E-state index contributed by atoms with van der Waals surface area (Å²) in [6, 6.07) is 0. The van der Waals surface area contributed by atoms with Crippen molar-refractivity contribution in [1.29, 1.82) is 0 Å². The third-order valence-electron chi connectivity index (χ3n) is 3.51. The molecule has 2 nitrogen and oxygen atoms in total. The topological polar surface area (TPSA) is 46.2 Å². The second-order valence-electron chi connectivity index (χ2n) is 7.35. The van der Waals surface area contributed by atoms with E-state index in [0.717, 1.165) is 5.57 Å². The maximum absolute atomic E-state index is 10.4. The minimum absolute atomic E-state index is 0.143. The van der Waals surface area contributed by atoms with E-state index in [2.05, 4.69) is 61.1 Å². The number of nitrogens with two attached hydrogens (primary N) is 1. The molecule has 0 radical (unpaired) electrons. The van der Waals surface area contributed by atoms with Crippen LogP contribution in [0.5, 0.6) is 0 Å². The van der Waals surface area contributed by atoms with Gasteiger partial charge in [0.25, 0.3) is 0 Å². The highest BCUT2D eigenvalue weighted by molar-refractivity contribution is 5.34. The standard InChI is InChI=1S/C17H31NO/c1-9-10-14(18)15(19)13(17(6,7)8)11-12(2)16(3,4)5/h9,11-12,19H,1,10,18H2,2-8H3/b13-11+,15-14-. The van der Waals surface area contributed by atoms with Gasteiger partial charge >= 0.3 is 0 Å². The number of hydrogen-bond acceptors (Lipinski definition) is 2. The highest BCUT2D eigenvalue weighted by atomic mass is 16.3. The number of aliphatic hydroxyl groups is 1. The molecule has 0 aromatic heterocycles. The van der Waals surface area contributed by atoms with E-state index in [4.69, 9.17) is 5.73 Å². The number of rotatable bonds is 4. The largest absolute Gasteiger partial charge is 0.506 e. The summed E-state index contributed by atoms with van der Waals surface area (Å²) in [5, 5.41) is 10.4. The predicted octanol–water partition coefficient (Wildman–Crippen LogP) is 4.95. The molecule has 0 rings (SSSR count). The molecule has 0 saturated carbocycles. The second-order valence-corrected chi connectivity index (χ2v) is 7.35. The van der Waals surface area contributed by atoms with Gasteiger partial charge in [0.15, 0.2) is 0 Å². The Morgan fingerprint density at radius 1 is 1.21 bits per heavy atom. The van der Waals surface area contributed by atoms with Gasteiger partial charge in [0.2, 0.25) is 0 Å². The summed E-state index contributed by atoms with van der Waals surface area (Å²) in [5.41, 5.74) is 7.34. The second kappa shape index (κ2) is 6.31. The van der Waals surface area contributed by atoms with E-state index in [1.807, 2.05) is 0 Å². The van der Waals surface area contributed by atoms with Crippen molar-refractivity contribution in [2.24, 2.45) is 22.5 Å². The molecule has 2 heteroatoms. The molecular weight excluding hydrogens is 234 g/mol. The minimum Gasteiger partial charge on any atom is -0.506 e. The van der Waals surface area contributed by atoms with Gasteiger partial charge in [0.1, 0.15) is 5.76 Å². The maximum atomic E-state index is 10.4. The SMILES string of the molecule is C=CC/C(N)=C(O)\C(=C/C(C)C(C)(C)C)C(C)(C)C. The first-order valence-electron chi connectivity index (χ1n) is 6.92. The molecule has 0 bridgehead atoms. The lowest BCUT2D eigenvalue weighted by atomic mass is 9.76. The maximum Gasteiger partial charge on any atom is 0.137 e. The summed E-state index contributed by atoms with van der Waals surface area (Å²) >= 11 is 0. The van der Waals surface area contributed by atoms with Crippen LogP contribution in [0.3, 0.4) is 0 Å². The fourth-order valence-electron chi connectivity index (χ4n) is 1.61. The molecule has 19 heavy (non-hydrogen) atoms. The molecular formula is C17H31NO. The lowest BCUT2D eigenvalue weighted by Gasteiger charge is -2.30. The van der Waals surface area contributed by atoms with Gasteiger partial charge in [-0.3, -0.25) is 0 Å². The smallest absolute Gasteiger partial charge is 0.137 e. The van der Waals surface area contributed by atoms with Crippen molar-refractivity contribution in [2.45, 2.75) is 54.9 Å². The Morgan fingerprint density at radius 2 is 1.68 bits per heavy atom. The Labute approximate surface area is 119 Å². The van der Waals surface area contributed by atoms with Crippen molar-refractivity contribution < 1.29 is 5.11 Å². The zero-order chi connectivity index (χ0) is 15.4. The zero-order valence-corrected chi connectivity index (χ0v) is 13.7. The molecule has 0 heterocycles. The van der Waals surface area contributed by atoms with Crippen LogP contribution in [0.2, 0.25) is 0 Å². The van der Waals surface area contributed by atoms with Gasteiger partial charge in [-0.25, -0.2) is 0 Å². The Hall–Kier alpha value is -1.18. The summed E-state index contributed by atoms with van der Waals surface area (Å²) in [5.74, 6) is 0.559. The number of allylic oxidation sites excluding steroid dienone is 3. The van der Waals surface area contributed by atoms with E-state index in [1.54, 1.807) is 6.08 Å². The van der Waals surface area contributed by atoms with Gasteiger partial charge in [0, 0.05) is 6.42 Å². The predicted molar refractivity (Wildman–Crippen MR) is 84.8 cm³/mol. The fraction of sp³-hybridized carbons (Fsp3) is 0.647. The van der Waals surface area contributed by atoms with Gasteiger partial charge in [-0.1, -0.05) is 60.6 Å². The Bertz CT molecular complexity index is 375. The van der Waals surface area contributed by atoms with Gasteiger partial charge in [-0.15, -0.1) is 6.58 Å². The fourth-order valence-corrected chi connectivity index (χ4v) is 1.61. The molecule has 0 fully saturated rings. The number of hydrogen-bond donors (Lipinski definition) is 2. The summed E-state index contributed by atoms with van der Waals surface area (Å²) in [6.07, 6.45) is 4.35. The quantitative estimate of drug-likeness (QED) is 0.429. The van der Waals surface area contributed by atoms with Crippen LogP contribution in [0.4, 0.5) is 0 Å². The van der Waals surface area contributed by atoms with E-state index in [-0.39, 0.29) is 16.6 Å². The van der Waals surface area contributed by atoms with Gasteiger partial charge in [-0.2, -0.15) is 0 Å². The van der Waals surface area contributed by atoms with E-state index in [9.17, 15) is 5.11 Å². The summed E-state index contributed by atoms with van der Waals surface area (Å²) < 4.78 is 0. The van der Waals surface area contributed by atoms with Gasteiger partial charge < -0.3 is 10.8 Å². The molecule has 0 spiro atoms. The van der Waals surface area contributed by atoms with Gasteiger partial charge in [0.05, 0.1) is 5.70 Å². The summed E-state index contributed by atoms with van der Waals surface area (Å²) in [4.78, 5) is 0. The Kier molecular flexibility index (Phi) is 5.92. The minimum atomic E-state index is -0.143. The molecule has 3 N–H and O–H groups in total. The first-order chi connectivity index (χ1) is 8.41. The molecule has 0 aliphatic heterocycles. The van der Waals surface area contributed by atoms with Crippen molar-refractivity contribution in [3.8, 4) is 0 Å². The third-order valence-corrected chi connectivity index (χ3v) is 3.51. The monoisotopic (exact) mass is 265 g/mol. The highest BCUT2D eigenvalue weighted by Gasteiger charge is 2.26. The summed E-state index contributed by atoms with van der Waals surface area (Å²) in [6.45, 7) is 18.7. The zero-order valence-electron chi connectivity index (χ0n) is 13.7.